The maximum Gasteiger partial charge on any atom is 0.253 e. The Morgan fingerprint density at radius 2 is 1.88 bits per heavy atom. The third kappa shape index (κ3) is 4.56. The molecule has 2 heterocycles. The number of amides is 1. The number of nitrogens with zero attached hydrogens (tertiary/aromatic N) is 1. The summed E-state index contributed by atoms with van der Waals surface area (Å²) in [5, 5.41) is 0. The summed E-state index contributed by atoms with van der Waals surface area (Å²) in [6.07, 6.45) is 2.55. The molecule has 2 aromatic carbocycles. The molecule has 1 amide bonds. The van der Waals surface area contributed by atoms with Gasteiger partial charge in [0.05, 0.1) is 19.8 Å². The first-order chi connectivity index (χ1) is 15.4. The molecule has 0 aliphatic carbocycles. The van der Waals surface area contributed by atoms with Crippen molar-refractivity contribution in [1.29, 1.82) is 0 Å². The smallest absolute Gasteiger partial charge is 0.253 e. The van der Waals surface area contributed by atoms with E-state index in [4.69, 9.17) is 18.9 Å². The summed E-state index contributed by atoms with van der Waals surface area (Å²) in [4.78, 5) is 15.1. The molecule has 2 aromatic rings. The maximum absolute atomic E-state index is 13.2. The predicted molar refractivity (Wildman–Crippen MR) is 123 cm³/mol. The van der Waals surface area contributed by atoms with E-state index in [0.717, 1.165) is 25.0 Å². The number of methoxy groups -OCH3 is 2. The largest absolute Gasteiger partial charge is 0.493 e. The normalized spacial score (nSPS) is 19.4. The van der Waals surface area contributed by atoms with Crippen molar-refractivity contribution < 1.29 is 23.7 Å². The van der Waals surface area contributed by atoms with Crippen LogP contribution in [0.2, 0.25) is 0 Å². The molecular formula is C26H33NO5. The highest BCUT2D eigenvalue weighted by Gasteiger charge is 2.44. The molecule has 6 nitrogen and oxygen atoms in total. The van der Waals surface area contributed by atoms with Crippen LogP contribution >= 0.6 is 0 Å². The highest BCUT2D eigenvalue weighted by Crippen LogP contribution is 2.45. The van der Waals surface area contributed by atoms with Crippen LogP contribution in [0.1, 0.15) is 54.9 Å². The Morgan fingerprint density at radius 3 is 2.56 bits per heavy atom. The standard InChI is InChI=1S/C26H33NO5/c1-18(2)31-23-10-9-19(15-24(23)30-4)25(28)27-13-11-26(12-14-27)16-20(17-29-3)21-7-5-6-8-22(21)32-26/h5-10,15,18,20H,11-14,16-17H2,1-4H3. The maximum atomic E-state index is 13.2. The van der Waals surface area contributed by atoms with Crippen molar-refractivity contribution in [2.75, 3.05) is 33.9 Å². The summed E-state index contributed by atoms with van der Waals surface area (Å²) in [5.41, 5.74) is 1.58. The zero-order valence-corrected chi connectivity index (χ0v) is 19.4. The Hall–Kier alpha value is -2.73. The number of para-hydroxylation sites is 1. The quantitative estimate of drug-likeness (QED) is 0.655. The van der Waals surface area contributed by atoms with Crippen molar-refractivity contribution in [2.24, 2.45) is 0 Å². The van der Waals surface area contributed by atoms with Gasteiger partial charge < -0.3 is 23.8 Å². The summed E-state index contributed by atoms with van der Waals surface area (Å²) in [7, 11) is 3.34. The molecule has 6 heteroatoms. The van der Waals surface area contributed by atoms with E-state index in [1.54, 1.807) is 20.3 Å². The second-order valence-corrected chi connectivity index (χ2v) is 9.00. The molecule has 2 aliphatic rings. The van der Waals surface area contributed by atoms with Gasteiger partial charge in [-0.25, -0.2) is 0 Å². The molecule has 172 valence electrons. The SMILES string of the molecule is COCC1CC2(CCN(C(=O)c3ccc(OC(C)C)c(OC)c3)CC2)Oc2ccccc21. The van der Waals surface area contributed by atoms with Gasteiger partial charge in [0, 0.05) is 44.5 Å². The van der Waals surface area contributed by atoms with Crippen molar-refractivity contribution in [3.63, 3.8) is 0 Å². The lowest BCUT2D eigenvalue weighted by Crippen LogP contribution is -2.52. The van der Waals surface area contributed by atoms with E-state index in [9.17, 15) is 4.79 Å². The minimum absolute atomic E-state index is 0.0129. The number of hydrogen-bond donors (Lipinski definition) is 0. The Morgan fingerprint density at radius 1 is 1.12 bits per heavy atom. The highest BCUT2D eigenvalue weighted by molar-refractivity contribution is 5.95. The van der Waals surface area contributed by atoms with Gasteiger partial charge in [0.15, 0.2) is 11.5 Å². The Kier molecular flexibility index (Phi) is 6.60. The third-order valence-corrected chi connectivity index (χ3v) is 6.41. The number of carbonyl (C=O) groups excluding carboxylic acids is 1. The topological polar surface area (TPSA) is 57.2 Å². The van der Waals surface area contributed by atoms with E-state index in [-0.39, 0.29) is 17.6 Å². The van der Waals surface area contributed by atoms with Crippen molar-refractivity contribution in [2.45, 2.75) is 50.7 Å². The average Bonchev–Trinajstić information content (AvgIpc) is 2.79. The summed E-state index contributed by atoms with van der Waals surface area (Å²) >= 11 is 0. The van der Waals surface area contributed by atoms with E-state index < -0.39 is 0 Å². The first-order valence-electron chi connectivity index (χ1n) is 11.4. The van der Waals surface area contributed by atoms with E-state index in [1.807, 2.05) is 43.0 Å². The molecular weight excluding hydrogens is 406 g/mol. The molecule has 1 fully saturated rings. The first-order valence-corrected chi connectivity index (χ1v) is 11.4. The summed E-state index contributed by atoms with van der Waals surface area (Å²) in [6.45, 7) is 5.92. The van der Waals surface area contributed by atoms with E-state index >= 15 is 0 Å². The lowest BCUT2D eigenvalue weighted by Gasteiger charge is -2.46. The molecule has 1 atom stereocenters. The zero-order valence-electron chi connectivity index (χ0n) is 19.4. The Bertz CT molecular complexity index is 949. The molecule has 32 heavy (non-hydrogen) atoms. The number of piperidine rings is 1. The van der Waals surface area contributed by atoms with Gasteiger partial charge in [0.25, 0.3) is 5.91 Å². The molecule has 1 spiro atoms. The number of ether oxygens (including phenoxy) is 4. The zero-order chi connectivity index (χ0) is 22.7. The first kappa shape index (κ1) is 22.5. The summed E-state index contributed by atoms with van der Waals surface area (Å²) in [5.74, 6) is 2.50. The van der Waals surface area contributed by atoms with Gasteiger partial charge in [-0.2, -0.15) is 0 Å². The highest BCUT2D eigenvalue weighted by atomic mass is 16.5. The monoisotopic (exact) mass is 439 g/mol. The molecule has 1 unspecified atom stereocenters. The van der Waals surface area contributed by atoms with Crippen LogP contribution in [-0.4, -0.2) is 56.4 Å². The lowest BCUT2D eigenvalue weighted by molar-refractivity contribution is -0.0251. The van der Waals surface area contributed by atoms with Gasteiger partial charge in [-0.15, -0.1) is 0 Å². The molecule has 0 N–H and O–H groups in total. The minimum Gasteiger partial charge on any atom is -0.493 e. The van der Waals surface area contributed by atoms with Gasteiger partial charge in [-0.1, -0.05) is 18.2 Å². The van der Waals surface area contributed by atoms with Crippen LogP contribution in [0.3, 0.4) is 0 Å². The number of likely N-dealkylation sites (tertiary alicyclic amines) is 1. The number of fused-ring (bicyclic) bond motifs is 1. The van der Waals surface area contributed by atoms with Crippen molar-refractivity contribution in [1.82, 2.24) is 4.90 Å². The number of hydrogen-bond acceptors (Lipinski definition) is 5. The van der Waals surface area contributed by atoms with Crippen LogP contribution in [0.15, 0.2) is 42.5 Å². The molecule has 0 radical (unpaired) electrons. The molecule has 0 aromatic heterocycles. The van der Waals surface area contributed by atoms with E-state index in [2.05, 4.69) is 12.1 Å². The van der Waals surface area contributed by atoms with Gasteiger partial charge in [0.2, 0.25) is 0 Å². The Labute approximate surface area is 190 Å². The summed E-state index contributed by atoms with van der Waals surface area (Å²) in [6, 6.07) is 13.6. The van der Waals surface area contributed by atoms with Gasteiger partial charge in [-0.3, -0.25) is 4.79 Å². The molecule has 0 saturated carbocycles. The van der Waals surface area contributed by atoms with E-state index in [1.165, 1.54) is 5.56 Å². The number of carbonyl (C=O) groups is 1. The molecule has 1 saturated heterocycles. The third-order valence-electron chi connectivity index (χ3n) is 6.41. The molecule has 2 aliphatic heterocycles. The lowest BCUT2D eigenvalue weighted by atomic mass is 9.77. The average molecular weight is 440 g/mol. The van der Waals surface area contributed by atoms with Crippen LogP contribution in [-0.2, 0) is 4.74 Å². The van der Waals surface area contributed by atoms with Gasteiger partial charge >= 0.3 is 0 Å². The summed E-state index contributed by atoms with van der Waals surface area (Å²) < 4.78 is 23.3. The van der Waals surface area contributed by atoms with E-state index in [0.29, 0.717) is 42.7 Å². The second kappa shape index (κ2) is 9.41. The van der Waals surface area contributed by atoms with Crippen molar-refractivity contribution in [3.05, 3.63) is 53.6 Å². The molecule has 0 bridgehead atoms. The Balaban J connectivity index is 1.46. The minimum atomic E-state index is -0.249. The van der Waals surface area contributed by atoms with Crippen LogP contribution in [0.5, 0.6) is 17.2 Å². The van der Waals surface area contributed by atoms with Gasteiger partial charge in [0.1, 0.15) is 11.4 Å². The number of rotatable bonds is 6. The fraction of sp³-hybridized carbons (Fsp3) is 0.500. The molecule has 4 rings (SSSR count). The fourth-order valence-corrected chi connectivity index (χ4v) is 4.85. The number of benzene rings is 2. The van der Waals surface area contributed by atoms with Crippen molar-refractivity contribution in [3.8, 4) is 17.2 Å². The fourth-order valence-electron chi connectivity index (χ4n) is 4.85. The van der Waals surface area contributed by atoms with Crippen LogP contribution < -0.4 is 14.2 Å². The van der Waals surface area contributed by atoms with Gasteiger partial charge in [-0.05, 0) is 50.1 Å². The predicted octanol–water partition coefficient (Wildman–Crippen LogP) is 4.67. The van der Waals surface area contributed by atoms with Crippen LogP contribution in [0.25, 0.3) is 0 Å². The van der Waals surface area contributed by atoms with Crippen LogP contribution in [0.4, 0.5) is 0 Å². The van der Waals surface area contributed by atoms with Crippen molar-refractivity contribution >= 4 is 5.91 Å². The van der Waals surface area contributed by atoms with Crippen LogP contribution in [0, 0.1) is 0 Å². The second-order valence-electron chi connectivity index (χ2n) is 9.00.